The molecule has 0 rings (SSSR count). The molecule has 10 heteroatoms. The summed E-state index contributed by atoms with van der Waals surface area (Å²) in [6, 6.07) is -0.841. The number of carbonyl (C=O) groups excluding carboxylic acids is 2. The highest BCUT2D eigenvalue weighted by atomic mass is 31.2. The van der Waals surface area contributed by atoms with E-state index >= 15 is 0 Å². The molecule has 0 aliphatic carbocycles. The molecule has 0 fully saturated rings. The number of unbranched alkanes of at least 4 members (excludes halogenated alkanes) is 38. The van der Waals surface area contributed by atoms with Gasteiger partial charge in [-0.1, -0.05) is 257 Å². The van der Waals surface area contributed by atoms with E-state index in [4.69, 9.17) is 13.8 Å². The second-order valence-electron chi connectivity index (χ2n) is 22.2. The van der Waals surface area contributed by atoms with Crippen LogP contribution in [0.2, 0.25) is 0 Å². The predicted octanol–water partition coefficient (Wildman–Crippen LogP) is 18.6. The summed E-state index contributed by atoms with van der Waals surface area (Å²) in [6.45, 7) is 7.03. The predicted molar refractivity (Wildman–Crippen MR) is 305 cm³/mol. The maximum absolute atomic E-state index is 13.5. The lowest BCUT2D eigenvalue weighted by molar-refractivity contribution is -0.870. The third kappa shape index (κ3) is 53.1. The van der Waals surface area contributed by atoms with E-state index in [9.17, 15) is 19.0 Å². The topological polar surface area (TPSA) is 111 Å². The fraction of sp³-hybridized carbons (Fsp3) is 0.902. The quantitative estimate of drug-likeness (QED) is 0.0205. The SMILES string of the molecule is CCCCCCCC/C=C/CCCCCCCCCCCCCC(=O)OC(/C=C/CCCCCCCCCCC)C(COP(=O)(O)OCC[N+](C)(C)C)NC(=O)CCCCCCCCCCCCCCC. The van der Waals surface area contributed by atoms with Crippen molar-refractivity contribution in [3.05, 3.63) is 24.3 Å². The highest BCUT2D eigenvalue weighted by molar-refractivity contribution is 7.47. The number of carbonyl (C=O) groups is 2. The van der Waals surface area contributed by atoms with Crippen LogP contribution in [0.1, 0.15) is 303 Å². The molecule has 2 N–H and O–H groups in total. The lowest BCUT2D eigenvalue weighted by Gasteiger charge is -2.27. The van der Waals surface area contributed by atoms with Gasteiger partial charge in [-0.2, -0.15) is 0 Å². The van der Waals surface area contributed by atoms with Crippen LogP contribution < -0.4 is 5.32 Å². The van der Waals surface area contributed by atoms with Crippen molar-refractivity contribution < 1.29 is 37.3 Å². The molecule has 0 spiro atoms. The van der Waals surface area contributed by atoms with Crippen LogP contribution >= 0.6 is 7.82 Å². The molecule has 0 aliphatic heterocycles. The summed E-state index contributed by atoms with van der Waals surface area (Å²) in [4.78, 5) is 37.6. The van der Waals surface area contributed by atoms with Crippen molar-refractivity contribution in [2.45, 2.75) is 315 Å². The first-order chi connectivity index (χ1) is 34.4. The Labute approximate surface area is 441 Å². The Morgan fingerprint density at radius 3 is 1.20 bits per heavy atom. The van der Waals surface area contributed by atoms with Crippen molar-refractivity contribution in [3.63, 3.8) is 0 Å². The number of hydrogen-bond acceptors (Lipinski definition) is 6. The second kappa shape index (κ2) is 52.0. The van der Waals surface area contributed by atoms with Gasteiger partial charge < -0.3 is 19.4 Å². The van der Waals surface area contributed by atoms with Crippen molar-refractivity contribution in [1.82, 2.24) is 5.32 Å². The number of phosphoric ester groups is 1. The van der Waals surface area contributed by atoms with E-state index in [-0.39, 0.29) is 25.1 Å². The Morgan fingerprint density at radius 1 is 0.479 bits per heavy atom. The minimum atomic E-state index is -4.44. The van der Waals surface area contributed by atoms with Crippen LogP contribution in [0.25, 0.3) is 0 Å². The minimum absolute atomic E-state index is 0.0437. The van der Waals surface area contributed by atoms with Gasteiger partial charge in [0, 0.05) is 12.8 Å². The molecule has 9 nitrogen and oxygen atoms in total. The maximum atomic E-state index is 13.5. The molecule has 0 aromatic rings. The fourth-order valence-electron chi connectivity index (χ4n) is 9.11. The van der Waals surface area contributed by atoms with Crippen LogP contribution in [-0.4, -0.2) is 74.3 Å². The van der Waals surface area contributed by atoms with Gasteiger partial charge >= 0.3 is 13.8 Å². The van der Waals surface area contributed by atoms with Gasteiger partial charge in [0.25, 0.3) is 0 Å². The molecule has 3 unspecified atom stereocenters. The Morgan fingerprint density at radius 2 is 0.817 bits per heavy atom. The summed E-state index contributed by atoms with van der Waals surface area (Å²) in [5.41, 5.74) is 0. The van der Waals surface area contributed by atoms with Crippen LogP contribution in [-0.2, 0) is 27.9 Å². The maximum Gasteiger partial charge on any atom is 0.472 e. The molecule has 0 bridgehead atoms. The largest absolute Gasteiger partial charge is 0.472 e. The summed E-state index contributed by atoms with van der Waals surface area (Å²) in [7, 11) is 1.51. The van der Waals surface area contributed by atoms with Gasteiger partial charge in [0.15, 0.2) is 0 Å². The van der Waals surface area contributed by atoms with Crippen LogP contribution in [0, 0.1) is 0 Å². The molecule has 0 heterocycles. The van der Waals surface area contributed by atoms with E-state index in [1.54, 1.807) is 0 Å². The Kier molecular flexibility index (Phi) is 50.8. The smallest absolute Gasteiger partial charge is 0.456 e. The van der Waals surface area contributed by atoms with Crippen LogP contribution in [0.15, 0.2) is 24.3 Å². The number of rotatable bonds is 56. The first kappa shape index (κ1) is 69.5. The number of hydrogen-bond donors (Lipinski definition) is 2. The fourth-order valence-corrected chi connectivity index (χ4v) is 9.85. The summed E-state index contributed by atoms with van der Waals surface area (Å²) in [5, 5.41) is 3.05. The zero-order valence-corrected chi connectivity index (χ0v) is 48.9. The number of quaternary nitrogens is 1. The van der Waals surface area contributed by atoms with E-state index in [1.165, 1.54) is 212 Å². The lowest BCUT2D eigenvalue weighted by atomic mass is 10.0. The second-order valence-corrected chi connectivity index (χ2v) is 23.7. The van der Waals surface area contributed by atoms with Gasteiger partial charge in [-0.05, 0) is 57.4 Å². The molecule has 3 atom stereocenters. The first-order valence-corrected chi connectivity index (χ1v) is 32.2. The van der Waals surface area contributed by atoms with Gasteiger partial charge in [-0.3, -0.25) is 18.6 Å². The van der Waals surface area contributed by atoms with E-state index < -0.39 is 20.0 Å². The summed E-state index contributed by atoms with van der Waals surface area (Å²) in [5.74, 6) is -0.492. The lowest BCUT2D eigenvalue weighted by Crippen LogP contribution is -2.47. The van der Waals surface area contributed by atoms with E-state index in [2.05, 4.69) is 38.2 Å². The molecule has 0 aliphatic rings. The Bertz CT molecular complexity index is 1270. The van der Waals surface area contributed by atoms with Crippen LogP contribution in [0.3, 0.4) is 0 Å². The van der Waals surface area contributed by atoms with E-state index in [0.29, 0.717) is 23.9 Å². The molecule has 0 aromatic carbocycles. The van der Waals surface area contributed by atoms with E-state index in [0.717, 1.165) is 57.8 Å². The number of phosphoric acid groups is 1. The standard InChI is InChI=1S/C61H119N2O7P/c1-7-10-13-16-19-22-25-27-28-29-30-31-32-33-34-36-39-42-45-48-51-54-61(65)70-59(52-49-46-43-40-37-24-21-18-15-12-9-3)58(57-69-71(66,67)68-56-55-63(4,5)6)62-60(64)53-50-47-44-41-38-35-26-23-20-17-14-11-8-2/h27-28,49,52,58-59H,7-26,29-48,50-51,53-57H2,1-6H3,(H-,62,64,66,67)/p+1/b28-27+,52-49+. The number of esters is 1. The molecular formula is C61H120N2O7P+. The third-order valence-corrected chi connectivity index (χ3v) is 14.9. The average molecular weight is 1020 g/mol. The zero-order chi connectivity index (χ0) is 52.2. The average Bonchev–Trinajstić information content (AvgIpc) is 3.33. The molecule has 0 saturated heterocycles. The van der Waals surface area contributed by atoms with Gasteiger partial charge in [0.2, 0.25) is 5.91 Å². The van der Waals surface area contributed by atoms with Gasteiger partial charge in [-0.25, -0.2) is 4.57 Å². The van der Waals surface area contributed by atoms with Gasteiger partial charge in [-0.15, -0.1) is 0 Å². The van der Waals surface area contributed by atoms with E-state index in [1.807, 2.05) is 33.3 Å². The number of nitrogens with zero attached hydrogens (tertiary/aromatic N) is 1. The molecule has 0 saturated carbocycles. The molecular weight excluding hydrogens is 904 g/mol. The van der Waals surface area contributed by atoms with Crippen LogP contribution in [0.4, 0.5) is 0 Å². The zero-order valence-electron chi connectivity index (χ0n) is 48.0. The highest BCUT2D eigenvalue weighted by Crippen LogP contribution is 2.43. The van der Waals surface area contributed by atoms with Crippen molar-refractivity contribution in [2.24, 2.45) is 0 Å². The molecule has 71 heavy (non-hydrogen) atoms. The Balaban J connectivity index is 5.15. The minimum Gasteiger partial charge on any atom is -0.456 e. The third-order valence-electron chi connectivity index (χ3n) is 13.9. The summed E-state index contributed by atoms with van der Waals surface area (Å²) >= 11 is 0. The molecule has 0 aromatic heterocycles. The molecule has 1 amide bonds. The van der Waals surface area contributed by atoms with Crippen molar-refractivity contribution in [2.75, 3.05) is 40.9 Å². The first-order valence-electron chi connectivity index (χ1n) is 30.7. The number of likely N-dealkylation sites (N-methyl/N-ethyl adjacent to an activating group) is 1. The van der Waals surface area contributed by atoms with Crippen molar-refractivity contribution >= 4 is 19.7 Å². The number of amides is 1. The monoisotopic (exact) mass is 1020 g/mol. The molecule has 0 radical (unpaired) electrons. The molecule has 420 valence electrons. The summed E-state index contributed by atoms with van der Waals surface area (Å²) in [6.07, 6.45) is 60.3. The number of allylic oxidation sites excluding steroid dienone is 3. The number of ether oxygens (including phenoxy) is 1. The van der Waals surface area contributed by atoms with Gasteiger partial charge in [0.05, 0.1) is 33.8 Å². The summed E-state index contributed by atoms with van der Waals surface area (Å²) < 4.78 is 30.6. The normalized spacial score (nSPS) is 13.8. The van der Waals surface area contributed by atoms with Crippen LogP contribution in [0.5, 0.6) is 0 Å². The van der Waals surface area contributed by atoms with Crippen molar-refractivity contribution in [1.29, 1.82) is 0 Å². The van der Waals surface area contributed by atoms with Crippen molar-refractivity contribution in [3.8, 4) is 0 Å². The Hall–Kier alpha value is -1.51. The highest BCUT2D eigenvalue weighted by Gasteiger charge is 2.30. The number of nitrogens with one attached hydrogen (secondary N) is 1. The van der Waals surface area contributed by atoms with Gasteiger partial charge in [0.1, 0.15) is 19.3 Å².